The van der Waals surface area contributed by atoms with Crippen LogP contribution in [0.2, 0.25) is 0 Å². The fourth-order valence-electron chi connectivity index (χ4n) is 1.37. The minimum absolute atomic E-state index is 0.149. The van der Waals surface area contributed by atoms with Gasteiger partial charge in [-0.15, -0.1) is 5.10 Å². The molecule has 21 heavy (non-hydrogen) atoms. The zero-order chi connectivity index (χ0) is 15.4. The van der Waals surface area contributed by atoms with E-state index in [0.717, 1.165) is 15.8 Å². The highest BCUT2D eigenvalue weighted by Gasteiger charge is 2.16. The monoisotopic (exact) mass is 436 g/mol. The molecule has 1 aromatic carbocycles. The van der Waals surface area contributed by atoms with Gasteiger partial charge in [-0.3, -0.25) is 0 Å². The summed E-state index contributed by atoms with van der Waals surface area (Å²) in [6.07, 6.45) is 0. The van der Waals surface area contributed by atoms with Crippen LogP contribution in [-0.4, -0.2) is 29.9 Å². The predicted molar refractivity (Wildman–Crippen MR) is 84.3 cm³/mol. The number of halogens is 2. The lowest BCUT2D eigenvalue weighted by Crippen LogP contribution is -2.03. The summed E-state index contributed by atoms with van der Waals surface area (Å²) >= 11 is 7.76. The lowest BCUT2D eigenvalue weighted by molar-refractivity contribution is 0.0525. The number of aromatic nitrogens is 2. The molecule has 2 aromatic rings. The third kappa shape index (κ3) is 3.92. The maximum absolute atomic E-state index is 11.5. The largest absolute Gasteiger partial charge is 0.496 e. The predicted octanol–water partition coefficient (Wildman–Crippen LogP) is 4.04. The molecule has 0 saturated heterocycles. The number of carbonyl (C=O) groups is 1. The SMILES string of the molecule is CCOC(=O)c1nnc(Oc2cc(Br)c(OC)cc2Br)s1. The molecule has 0 amide bonds. The van der Waals surface area contributed by atoms with Crippen molar-refractivity contribution in [3.63, 3.8) is 0 Å². The standard InChI is InChI=1S/C12H10Br2N2O4S/c1-3-19-11(17)10-15-16-12(21-10)20-9-5-6(13)8(18-2)4-7(9)14/h4-5H,3H2,1-2H3. The Bertz CT molecular complexity index is 663. The van der Waals surface area contributed by atoms with E-state index in [4.69, 9.17) is 14.2 Å². The number of benzene rings is 1. The van der Waals surface area contributed by atoms with Crippen LogP contribution < -0.4 is 9.47 Å². The molecule has 2 rings (SSSR count). The smallest absolute Gasteiger partial charge is 0.369 e. The van der Waals surface area contributed by atoms with E-state index in [2.05, 4.69) is 42.1 Å². The Kier molecular flexibility index (Phi) is 5.54. The molecule has 1 aromatic heterocycles. The average Bonchev–Trinajstić information content (AvgIpc) is 2.91. The fraction of sp³-hybridized carbons (Fsp3) is 0.250. The second-order valence-corrected chi connectivity index (χ2v) is 6.26. The van der Waals surface area contributed by atoms with Gasteiger partial charge in [0.1, 0.15) is 11.5 Å². The molecule has 112 valence electrons. The molecule has 0 bridgehead atoms. The van der Waals surface area contributed by atoms with Crippen molar-refractivity contribution in [2.75, 3.05) is 13.7 Å². The molecule has 0 aliphatic heterocycles. The second-order valence-electron chi connectivity index (χ2n) is 3.61. The van der Waals surface area contributed by atoms with Crippen molar-refractivity contribution in [2.24, 2.45) is 0 Å². The first kappa shape index (κ1) is 16.2. The van der Waals surface area contributed by atoms with Gasteiger partial charge in [0.25, 0.3) is 5.19 Å². The molecule has 0 spiro atoms. The average molecular weight is 438 g/mol. The summed E-state index contributed by atoms with van der Waals surface area (Å²) in [4.78, 5) is 11.5. The Morgan fingerprint density at radius 3 is 2.57 bits per heavy atom. The summed E-state index contributed by atoms with van der Waals surface area (Å²) in [5, 5.41) is 7.93. The number of hydrogen-bond acceptors (Lipinski definition) is 7. The van der Waals surface area contributed by atoms with E-state index < -0.39 is 5.97 Å². The number of rotatable bonds is 5. The number of carbonyl (C=O) groups excluding carboxylic acids is 1. The number of ether oxygens (including phenoxy) is 3. The highest BCUT2D eigenvalue weighted by molar-refractivity contribution is 9.11. The minimum Gasteiger partial charge on any atom is -0.496 e. The molecule has 0 aliphatic carbocycles. The summed E-state index contributed by atoms with van der Waals surface area (Å²) in [6, 6.07) is 3.49. The van der Waals surface area contributed by atoms with E-state index in [9.17, 15) is 4.79 Å². The van der Waals surface area contributed by atoms with Crippen molar-refractivity contribution >= 4 is 49.2 Å². The molecule has 0 atom stereocenters. The molecule has 0 fully saturated rings. The number of nitrogens with zero attached hydrogens (tertiary/aromatic N) is 2. The van der Waals surface area contributed by atoms with E-state index in [1.165, 1.54) is 0 Å². The lowest BCUT2D eigenvalue weighted by atomic mass is 10.3. The zero-order valence-electron chi connectivity index (χ0n) is 11.1. The van der Waals surface area contributed by atoms with Crippen LogP contribution in [0.25, 0.3) is 0 Å². The first-order valence-electron chi connectivity index (χ1n) is 5.76. The van der Waals surface area contributed by atoms with Gasteiger partial charge in [0.05, 0.1) is 22.7 Å². The van der Waals surface area contributed by atoms with Crippen LogP contribution in [0, 0.1) is 0 Å². The second kappa shape index (κ2) is 7.19. The Labute approximate surface area is 141 Å². The fourth-order valence-corrected chi connectivity index (χ4v) is 2.86. The Hall–Kier alpha value is -1.19. The van der Waals surface area contributed by atoms with Crippen LogP contribution in [0.1, 0.15) is 16.7 Å². The van der Waals surface area contributed by atoms with Crippen molar-refractivity contribution in [3.05, 3.63) is 26.1 Å². The maximum Gasteiger partial charge on any atom is 0.369 e. The Morgan fingerprint density at radius 1 is 1.24 bits per heavy atom. The van der Waals surface area contributed by atoms with Crippen LogP contribution in [0.5, 0.6) is 16.7 Å². The molecule has 0 N–H and O–H groups in total. The Balaban J connectivity index is 2.19. The molecule has 0 saturated carbocycles. The number of hydrogen-bond donors (Lipinski definition) is 0. The van der Waals surface area contributed by atoms with Crippen molar-refractivity contribution in [1.29, 1.82) is 0 Å². The van der Waals surface area contributed by atoms with Gasteiger partial charge in [0, 0.05) is 6.07 Å². The van der Waals surface area contributed by atoms with Gasteiger partial charge in [-0.1, -0.05) is 5.10 Å². The van der Waals surface area contributed by atoms with Gasteiger partial charge in [-0.05, 0) is 56.2 Å². The van der Waals surface area contributed by atoms with E-state index in [0.29, 0.717) is 16.0 Å². The molecule has 0 radical (unpaired) electrons. The zero-order valence-corrected chi connectivity index (χ0v) is 15.0. The third-order valence-electron chi connectivity index (χ3n) is 2.26. The molecular formula is C12H10Br2N2O4S. The summed E-state index contributed by atoms with van der Waals surface area (Å²) in [5.41, 5.74) is 0. The van der Waals surface area contributed by atoms with E-state index in [1.54, 1.807) is 26.2 Å². The van der Waals surface area contributed by atoms with Crippen molar-refractivity contribution in [2.45, 2.75) is 6.92 Å². The maximum atomic E-state index is 11.5. The van der Waals surface area contributed by atoms with Gasteiger partial charge < -0.3 is 14.2 Å². The van der Waals surface area contributed by atoms with Gasteiger partial charge >= 0.3 is 5.97 Å². The molecule has 0 aliphatic rings. The highest BCUT2D eigenvalue weighted by atomic mass is 79.9. The lowest BCUT2D eigenvalue weighted by Gasteiger charge is -2.08. The van der Waals surface area contributed by atoms with Crippen LogP contribution >= 0.6 is 43.2 Å². The van der Waals surface area contributed by atoms with E-state index >= 15 is 0 Å². The van der Waals surface area contributed by atoms with E-state index in [-0.39, 0.29) is 16.8 Å². The van der Waals surface area contributed by atoms with Gasteiger partial charge in [-0.2, -0.15) is 0 Å². The van der Waals surface area contributed by atoms with Crippen molar-refractivity contribution in [3.8, 4) is 16.7 Å². The van der Waals surface area contributed by atoms with Crippen LogP contribution in [-0.2, 0) is 4.74 Å². The van der Waals surface area contributed by atoms with Gasteiger partial charge in [0.15, 0.2) is 0 Å². The van der Waals surface area contributed by atoms with Crippen LogP contribution in [0.15, 0.2) is 21.1 Å². The topological polar surface area (TPSA) is 70.5 Å². The van der Waals surface area contributed by atoms with Gasteiger partial charge in [0.2, 0.25) is 5.01 Å². The molecule has 1 heterocycles. The number of esters is 1. The first-order chi connectivity index (χ1) is 10.0. The number of methoxy groups -OCH3 is 1. The molecular weight excluding hydrogens is 428 g/mol. The minimum atomic E-state index is -0.514. The normalized spacial score (nSPS) is 10.3. The summed E-state index contributed by atoms with van der Waals surface area (Å²) < 4.78 is 17.0. The van der Waals surface area contributed by atoms with Gasteiger partial charge in [-0.25, -0.2) is 4.79 Å². The first-order valence-corrected chi connectivity index (χ1v) is 8.17. The van der Waals surface area contributed by atoms with Crippen molar-refractivity contribution < 1.29 is 19.0 Å². The van der Waals surface area contributed by atoms with E-state index in [1.807, 2.05) is 0 Å². The van der Waals surface area contributed by atoms with Crippen molar-refractivity contribution in [1.82, 2.24) is 10.2 Å². The third-order valence-corrected chi connectivity index (χ3v) is 4.28. The Morgan fingerprint density at radius 2 is 1.90 bits per heavy atom. The highest BCUT2D eigenvalue weighted by Crippen LogP contribution is 2.38. The quantitative estimate of drug-likeness (QED) is 0.657. The summed E-state index contributed by atoms with van der Waals surface area (Å²) in [6.45, 7) is 2.01. The van der Waals surface area contributed by atoms with Crippen LogP contribution in [0.4, 0.5) is 0 Å². The molecule has 9 heteroatoms. The molecule has 6 nitrogen and oxygen atoms in total. The van der Waals surface area contributed by atoms with Crippen LogP contribution in [0.3, 0.4) is 0 Å². The summed E-state index contributed by atoms with van der Waals surface area (Å²) in [5.74, 6) is 0.674. The summed E-state index contributed by atoms with van der Waals surface area (Å²) in [7, 11) is 1.57. The molecule has 0 unspecified atom stereocenters.